The molecular formula is C14H8N2Na2O4. The van der Waals surface area contributed by atoms with Crippen LogP contribution in [0, 0.1) is 10.4 Å². The number of hydrogen-bond acceptors (Lipinski definition) is 6. The van der Waals surface area contributed by atoms with E-state index in [0.29, 0.717) is 0 Å². The molecule has 0 saturated heterocycles. The molecule has 0 aromatic heterocycles. The summed E-state index contributed by atoms with van der Waals surface area (Å²) < 4.78 is 0. The van der Waals surface area contributed by atoms with Gasteiger partial charge in [-0.15, -0.1) is 0 Å². The van der Waals surface area contributed by atoms with Gasteiger partial charge in [0.2, 0.25) is 0 Å². The maximum absolute atomic E-state index is 12.4. The van der Waals surface area contributed by atoms with Gasteiger partial charge in [-0.1, -0.05) is 24.3 Å². The van der Waals surface area contributed by atoms with E-state index in [1.807, 2.05) is 0 Å². The molecule has 2 aromatic carbocycles. The SMILES string of the molecule is O=C1c2cccc(N[O-])c2C(=O)c2cccc(N[O-])c21.[Na+].[Na+]. The molecule has 8 heteroatoms. The molecule has 100 valence electrons. The molecule has 0 heterocycles. The van der Waals surface area contributed by atoms with Gasteiger partial charge >= 0.3 is 59.1 Å². The van der Waals surface area contributed by atoms with Gasteiger partial charge < -0.3 is 21.4 Å². The zero-order valence-corrected chi connectivity index (χ0v) is 16.1. The van der Waals surface area contributed by atoms with Crippen molar-refractivity contribution in [2.45, 2.75) is 0 Å². The molecule has 2 N–H and O–H groups in total. The van der Waals surface area contributed by atoms with E-state index in [1.165, 1.54) is 36.4 Å². The van der Waals surface area contributed by atoms with Gasteiger partial charge in [0.1, 0.15) is 0 Å². The molecule has 0 fully saturated rings. The summed E-state index contributed by atoms with van der Waals surface area (Å²) in [6.07, 6.45) is 0. The van der Waals surface area contributed by atoms with Crippen LogP contribution in [0.2, 0.25) is 0 Å². The van der Waals surface area contributed by atoms with Gasteiger partial charge in [0.05, 0.1) is 11.1 Å². The Morgan fingerprint density at radius 2 is 1.05 bits per heavy atom. The van der Waals surface area contributed by atoms with Crippen LogP contribution in [0.1, 0.15) is 31.8 Å². The summed E-state index contributed by atoms with van der Waals surface area (Å²) in [6.45, 7) is 0. The van der Waals surface area contributed by atoms with Crippen molar-refractivity contribution in [1.82, 2.24) is 0 Å². The minimum Gasteiger partial charge on any atom is -0.761 e. The van der Waals surface area contributed by atoms with Gasteiger partial charge in [-0.25, -0.2) is 0 Å². The van der Waals surface area contributed by atoms with E-state index >= 15 is 0 Å². The van der Waals surface area contributed by atoms with E-state index < -0.39 is 11.6 Å². The third-order valence-electron chi connectivity index (χ3n) is 3.29. The summed E-state index contributed by atoms with van der Waals surface area (Å²) in [5.74, 6) is -0.906. The second kappa shape index (κ2) is 7.72. The van der Waals surface area contributed by atoms with E-state index in [-0.39, 0.29) is 92.7 Å². The van der Waals surface area contributed by atoms with Crippen molar-refractivity contribution in [3.63, 3.8) is 0 Å². The first-order valence-corrected chi connectivity index (χ1v) is 5.80. The predicted molar refractivity (Wildman–Crippen MR) is 73.7 cm³/mol. The van der Waals surface area contributed by atoms with Crippen LogP contribution in [-0.4, -0.2) is 11.6 Å². The molecule has 2 aromatic rings. The average molecular weight is 314 g/mol. The predicted octanol–water partition coefficient (Wildman–Crippen LogP) is -3.71. The largest absolute Gasteiger partial charge is 1.00 e. The van der Waals surface area contributed by atoms with Crippen molar-refractivity contribution < 1.29 is 68.7 Å². The maximum Gasteiger partial charge on any atom is 1.00 e. The Hall–Kier alpha value is -0.700. The number of anilines is 2. The topological polar surface area (TPSA) is 104 Å². The summed E-state index contributed by atoms with van der Waals surface area (Å²) in [6, 6.07) is 8.78. The average Bonchev–Trinajstić information content (AvgIpc) is 2.50. The van der Waals surface area contributed by atoms with Crippen LogP contribution >= 0.6 is 0 Å². The Morgan fingerprint density at radius 1 is 0.682 bits per heavy atom. The summed E-state index contributed by atoms with van der Waals surface area (Å²) in [5.41, 5.74) is 3.75. The van der Waals surface area contributed by atoms with Crippen molar-refractivity contribution in [1.29, 1.82) is 0 Å². The molecule has 0 saturated carbocycles. The van der Waals surface area contributed by atoms with Crippen molar-refractivity contribution in [2.24, 2.45) is 0 Å². The van der Waals surface area contributed by atoms with Crippen LogP contribution in [0.15, 0.2) is 36.4 Å². The molecule has 0 unspecified atom stereocenters. The number of carbonyl (C=O) groups is 2. The first-order chi connectivity index (χ1) is 9.69. The molecular weight excluding hydrogens is 306 g/mol. The molecule has 0 aliphatic heterocycles. The number of fused-ring (bicyclic) bond motifs is 2. The third kappa shape index (κ3) is 2.89. The zero-order chi connectivity index (χ0) is 14.3. The Labute approximate surface area is 170 Å². The Balaban J connectivity index is 0.00000121. The normalized spacial score (nSPS) is 11.5. The van der Waals surface area contributed by atoms with E-state index in [0.717, 1.165) is 0 Å². The van der Waals surface area contributed by atoms with Crippen molar-refractivity contribution >= 4 is 22.9 Å². The summed E-state index contributed by atoms with van der Waals surface area (Å²) in [7, 11) is 0. The van der Waals surface area contributed by atoms with Gasteiger partial charge in [-0.2, -0.15) is 0 Å². The molecule has 0 amide bonds. The van der Waals surface area contributed by atoms with Gasteiger partial charge in [-0.05, 0) is 12.1 Å². The van der Waals surface area contributed by atoms with Crippen molar-refractivity contribution in [3.05, 3.63) is 69.1 Å². The maximum atomic E-state index is 12.4. The number of hydrogen-bond donors (Lipinski definition) is 2. The second-order valence-corrected chi connectivity index (χ2v) is 4.32. The van der Waals surface area contributed by atoms with E-state index in [2.05, 4.69) is 0 Å². The van der Waals surface area contributed by atoms with Gasteiger partial charge in [0, 0.05) is 22.5 Å². The number of nitrogens with one attached hydrogen (secondary N) is 2. The fourth-order valence-corrected chi connectivity index (χ4v) is 2.41. The van der Waals surface area contributed by atoms with Crippen LogP contribution < -0.4 is 70.1 Å². The first-order valence-electron chi connectivity index (χ1n) is 5.80. The van der Waals surface area contributed by atoms with Crippen LogP contribution in [0.5, 0.6) is 0 Å². The van der Waals surface area contributed by atoms with Gasteiger partial charge in [-0.3, -0.25) is 9.59 Å². The van der Waals surface area contributed by atoms with E-state index in [9.17, 15) is 20.0 Å². The standard InChI is InChI=1S/C14H8N2O4.2Na/c17-13-7-3-1-5-9(15-19)11(7)14(18)8-4-2-6-10(16-20)12(8)13;;/h1-6,15-16H;;/q-2;2*+1. The van der Waals surface area contributed by atoms with Gasteiger partial charge in [0.25, 0.3) is 0 Å². The number of carbonyl (C=O) groups excluding carboxylic acids is 2. The third-order valence-corrected chi connectivity index (χ3v) is 3.29. The Morgan fingerprint density at radius 3 is 1.36 bits per heavy atom. The second-order valence-electron chi connectivity index (χ2n) is 4.32. The quantitative estimate of drug-likeness (QED) is 0.372. The Bertz CT molecular complexity index is 686. The summed E-state index contributed by atoms with van der Waals surface area (Å²) in [4.78, 5) is 24.9. The van der Waals surface area contributed by atoms with Crippen LogP contribution in [0.3, 0.4) is 0 Å². The summed E-state index contributed by atoms with van der Waals surface area (Å²) >= 11 is 0. The molecule has 6 nitrogen and oxygen atoms in total. The van der Waals surface area contributed by atoms with Crippen molar-refractivity contribution in [2.75, 3.05) is 11.0 Å². The number of ketones is 2. The molecule has 3 rings (SSSR count). The van der Waals surface area contributed by atoms with E-state index in [4.69, 9.17) is 0 Å². The monoisotopic (exact) mass is 314 g/mol. The van der Waals surface area contributed by atoms with E-state index in [1.54, 1.807) is 11.0 Å². The Kier molecular flexibility index (Phi) is 6.79. The minimum atomic E-state index is -0.453. The molecule has 0 bridgehead atoms. The minimum absolute atomic E-state index is 0. The smallest absolute Gasteiger partial charge is 0.761 e. The van der Waals surface area contributed by atoms with Gasteiger partial charge in [0.15, 0.2) is 11.6 Å². The molecule has 22 heavy (non-hydrogen) atoms. The molecule has 0 spiro atoms. The number of benzene rings is 2. The first kappa shape index (κ1) is 19.3. The molecule has 0 atom stereocenters. The molecule has 0 radical (unpaired) electrons. The fraction of sp³-hybridized carbons (Fsp3) is 0. The van der Waals surface area contributed by atoms with Crippen LogP contribution in [0.25, 0.3) is 0 Å². The number of rotatable bonds is 2. The van der Waals surface area contributed by atoms with Crippen molar-refractivity contribution in [3.8, 4) is 0 Å². The molecule has 1 aliphatic rings. The zero-order valence-electron chi connectivity index (χ0n) is 12.1. The summed E-state index contributed by atoms with van der Waals surface area (Å²) in [5, 5.41) is 21.8. The molecule has 1 aliphatic carbocycles. The fourth-order valence-electron chi connectivity index (χ4n) is 2.41. The van der Waals surface area contributed by atoms with Crippen LogP contribution in [0.4, 0.5) is 11.4 Å². The van der Waals surface area contributed by atoms with Crippen LogP contribution in [-0.2, 0) is 0 Å².